The first-order valence-electron chi connectivity index (χ1n) is 5.93. The normalized spacial score (nSPS) is 24.9. The second-order valence-corrected chi connectivity index (χ2v) is 3.86. The molecule has 0 radical (unpaired) electrons. The summed E-state index contributed by atoms with van der Waals surface area (Å²) in [7, 11) is 0. The summed E-state index contributed by atoms with van der Waals surface area (Å²) < 4.78 is 5.18. The molecule has 0 spiro atoms. The van der Waals surface area contributed by atoms with Crippen LogP contribution in [0, 0.1) is 5.92 Å². The predicted molar refractivity (Wildman–Crippen MR) is 63.4 cm³/mol. The highest BCUT2D eigenvalue weighted by Gasteiger charge is 2.26. The van der Waals surface area contributed by atoms with Crippen LogP contribution >= 0.6 is 0 Å². The fourth-order valence-electron chi connectivity index (χ4n) is 1.65. The van der Waals surface area contributed by atoms with E-state index in [-0.39, 0.29) is 30.8 Å². The summed E-state index contributed by atoms with van der Waals surface area (Å²) in [5.41, 5.74) is 0. The fourth-order valence-corrected chi connectivity index (χ4v) is 1.65. The highest BCUT2D eigenvalue weighted by atomic mass is 16.5. The van der Waals surface area contributed by atoms with Crippen LogP contribution in [-0.4, -0.2) is 40.1 Å². The molecule has 1 rings (SSSR count). The molecule has 3 N–H and O–H groups in total. The monoisotopic (exact) mass is 246 g/mol. The molecule has 100 valence electrons. The van der Waals surface area contributed by atoms with Crippen LogP contribution in [-0.2, 0) is 9.53 Å². The first kappa shape index (κ1) is 15.9. The molecule has 1 aliphatic heterocycles. The minimum Gasteiger partial charge on any atom is -0.483 e. The number of aliphatic carboxylic acids is 1. The van der Waals surface area contributed by atoms with Crippen LogP contribution in [0.3, 0.4) is 0 Å². The van der Waals surface area contributed by atoms with Crippen LogP contribution in [0.25, 0.3) is 0 Å². The molecule has 0 aromatic rings. The van der Waals surface area contributed by atoms with Crippen molar-refractivity contribution >= 4 is 5.97 Å². The van der Waals surface area contributed by atoms with Gasteiger partial charge in [-0.05, 0) is 18.4 Å². The molecule has 0 aromatic carbocycles. The number of aliphatic hydroxyl groups is 2. The summed E-state index contributed by atoms with van der Waals surface area (Å²) >= 11 is 0. The number of rotatable bonds is 4. The molecule has 0 aliphatic carbocycles. The van der Waals surface area contributed by atoms with Crippen LogP contribution in [0.2, 0.25) is 0 Å². The first-order valence-corrected chi connectivity index (χ1v) is 5.93. The van der Waals surface area contributed by atoms with E-state index in [0.29, 0.717) is 6.42 Å². The van der Waals surface area contributed by atoms with Crippen molar-refractivity contribution in [3.05, 3.63) is 11.8 Å². The summed E-state index contributed by atoms with van der Waals surface area (Å²) in [5, 5.41) is 26.7. The van der Waals surface area contributed by atoms with Crippen molar-refractivity contribution in [1.29, 1.82) is 0 Å². The molecular weight excluding hydrogens is 224 g/mol. The number of hydrogen-bond acceptors (Lipinski definition) is 4. The van der Waals surface area contributed by atoms with E-state index in [1.165, 1.54) is 0 Å². The summed E-state index contributed by atoms with van der Waals surface area (Å²) in [6.07, 6.45) is 1.29. The maximum Gasteiger partial charge on any atom is 0.370 e. The van der Waals surface area contributed by atoms with Crippen LogP contribution in [0.5, 0.6) is 0 Å². The molecule has 0 saturated carbocycles. The molecule has 1 aliphatic rings. The minimum absolute atomic E-state index is 0.0658. The SMILES string of the molecule is CC.CC1C=C(C(=O)O)OC(CC(O)CO)C1. The van der Waals surface area contributed by atoms with Crippen molar-refractivity contribution in [1.82, 2.24) is 0 Å². The molecule has 1 heterocycles. The van der Waals surface area contributed by atoms with Gasteiger partial charge in [-0.2, -0.15) is 0 Å². The van der Waals surface area contributed by atoms with Crippen molar-refractivity contribution in [2.75, 3.05) is 6.61 Å². The number of allylic oxidation sites excluding steroid dienone is 1. The molecule has 5 nitrogen and oxygen atoms in total. The van der Waals surface area contributed by atoms with Gasteiger partial charge in [-0.15, -0.1) is 0 Å². The van der Waals surface area contributed by atoms with Crippen LogP contribution in [0.4, 0.5) is 0 Å². The lowest BCUT2D eigenvalue weighted by atomic mass is 9.96. The van der Waals surface area contributed by atoms with Crippen LogP contribution in [0.15, 0.2) is 11.8 Å². The highest BCUT2D eigenvalue weighted by molar-refractivity contribution is 5.84. The Morgan fingerprint density at radius 3 is 2.65 bits per heavy atom. The third kappa shape index (κ3) is 5.70. The van der Waals surface area contributed by atoms with Gasteiger partial charge in [0.1, 0.15) is 6.10 Å². The second kappa shape index (κ2) is 8.08. The lowest BCUT2D eigenvalue weighted by Crippen LogP contribution is -2.29. The van der Waals surface area contributed by atoms with Gasteiger partial charge >= 0.3 is 5.97 Å². The predicted octanol–water partition coefficient (Wildman–Crippen LogP) is 1.15. The van der Waals surface area contributed by atoms with Crippen LogP contribution in [0.1, 0.15) is 33.6 Å². The Kier molecular flexibility index (Phi) is 7.58. The molecule has 0 aromatic heterocycles. The maximum absolute atomic E-state index is 10.7. The molecule has 5 heteroatoms. The minimum atomic E-state index is -1.09. The molecule has 17 heavy (non-hydrogen) atoms. The Balaban J connectivity index is 0.00000121. The van der Waals surface area contributed by atoms with Gasteiger partial charge in [0.25, 0.3) is 0 Å². The van der Waals surface area contributed by atoms with E-state index in [9.17, 15) is 9.90 Å². The Hall–Kier alpha value is -1.07. The maximum atomic E-state index is 10.7. The zero-order chi connectivity index (χ0) is 13.4. The van der Waals surface area contributed by atoms with Gasteiger partial charge in [-0.3, -0.25) is 0 Å². The van der Waals surface area contributed by atoms with E-state index in [2.05, 4.69) is 0 Å². The topological polar surface area (TPSA) is 87.0 Å². The largest absolute Gasteiger partial charge is 0.483 e. The quantitative estimate of drug-likeness (QED) is 0.692. The van der Waals surface area contributed by atoms with Crippen LogP contribution < -0.4 is 0 Å². The summed E-state index contributed by atoms with van der Waals surface area (Å²) in [6.45, 7) is 5.56. The fraction of sp³-hybridized carbons (Fsp3) is 0.750. The Labute approximate surface area is 102 Å². The van der Waals surface area contributed by atoms with Crippen molar-refractivity contribution in [2.24, 2.45) is 5.92 Å². The second-order valence-electron chi connectivity index (χ2n) is 3.86. The summed E-state index contributed by atoms with van der Waals surface area (Å²) in [6, 6.07) is 0. The van der Waals surface area contributed by atoms with Gasteiger partial charge in [-0.25, -0.2) is 4.79 Å². The Bertz CT molecular complexity index is 262. The van der Waals surface area contributed by atoms with Gasteiger partial charge in [0.05, 0.1) is 12.7 Å². The van der Waals surface area contributed by atoms with E-state index in [1.54, 1.807) is 6.08 Å². The molecule has 0 fully saturated rings. The highest BCUT2D eigenvalue weighted by Crippen LogP contribution is 2.24. The number of hydrogen-bond donors (Lipinski definition) is 3. The standard InChI is InChI=1S/C10H16O5.C2H6/c1-6-2-8(4-7(12)5-11)15-9(3-6)10(13)14;1-2/h3,6-8,11-12H,2,4-5H2,1H3,(H,13,14);1-2H3. The lowest BCUT2D eigenvalue weighted by Gasteiger charge is -2.27. The van der Waals surface area contributed by atoms with E-state index < -0.39 is 12.1 Å². The van der Waals surface area contributed by atoms with E-state index >= 15 is 0 Å². The number of carboxylic acid groups (broad SMARTS) is 1. The van der Waals surface area contributed by atoms with Gasteiger partial charge < -0.3 is 20.1 Å². The van der Waals surface area contributed by atoms with E-state index in [0.717, 1.165) is 0 Å². The zero-order valence-electron chi connectivity index (χ0n) is 10.6. The molecule has 3 unspecified atom stereocenters. The average Bonchev–Trinajstić information content (AvgIpc) is 2.30. The van der Waals surface area contributed by atoms with Crippen molar-refractivity contribution in [2.45, 2.75) is 45.8 Å². The molecule has 0 bridgehead atoms. The lowest BCUT2D eigenvalue weighted by molar-refractivity contribution is -0.139. The number of aliphatic hydroxyl groups excluding tert-OH is 2. The van der Waals surface area contributed by atoms with E-state index in [4.69, 9.17) is 14.9 Å². The summed E-state index contributed by atoms with van der Waals surface area (Å²) in [5.74, 6) is -1.05. The van der Waals surface area contributed by atoms with E-state index in [1.807, 2.05) is 20.8 Å². The number of carbonyl (C=O) groups is 1. The molecule has 0 amide bonds. The van der Waals surface area contributed by atoms with Gasteiger partial charge in [0, 0.05) is 6.42 Å². The molecule has 0 saturated heterocycles. The zero-order valence-corrected chi connectivity index (χ0v) is 10.6. The third-order valence-electron chi connectivity index (χ3n) is 2.32. The Morgan fingerprint density at radius 1 is 1.59 bits per heavy atom. The Morgan fingerprint density at radius 2 is 2.18 bits per heavy atom. The van der Waals surface area contributed by atoms with Gasteiger partial charge in [-0.1, -0.05) is 20.8 Å². The first-order chi connectivity index (χ1) is 8.02. The smallest absolute Gasteiger partial charge is 0.370 e. The average molecular weight is 246 g/mol. The third-order valence-corrected chi connectivity index (χ3v) is 2.32. The van der Waals surface area contributed by atoms with Gasteiger partial charge in [0.15, 0.2) is 0 Å². The number of ether oxygens (including phenoxy) is 1. The van der Waals surface area contributed by atoms with Crippen molar-refractivity contribution in [3.63, 3.8) is 0 Å². The van der Waals surface area contributed by atoms with Gasteiger partial charge in [0.2, 0.25) is 5.76 Å². The summed E-state index contributed by atoms with van der Waals surface area (Å²) in [4.78, 5) is 10.7. The van der Waals surface area contributed by atoms with Crippen molar-refractivity contribution in [3.8, 4) is 0 Å². The molecule has 3 atom stereocenters. The molecular formula is C12H22O5. The van der Waals surface area contributed by atoms with Crippen molar-refractivity contribution < 1.29 is 24.9 Å². The number of carboxylic acids is 1.